The maximum Gasteiger partial charge on any atom is 0.0366 e. The maximum absolute atomic E-state index is 2.66. The molecule has 1 aromatic carbocycles. The van der Waals surface area contributed by atoms with E-state index in [-0.39, 0.29) is 0 Å². The van der Waals surface area contributed by atoms with Gasteiger partial charge in [0.1, 0.15) is 0 Å². The molecule has 1 heteroatoms. The second-order valence-corrected chi connectivity index (χ2v) is 10.2. The monoisotopic (exact) mass is 443 g/mol. The van der Waals surface area contributed by atoms with Crippen LogP contribution >= 0.6 is 0 Å². The molecule has 0 amide bonds. The predicted molar refractivity (Wildman–Crippen MR) is 147 cm³/mol. The molecule has 186 valence electrons. The van der Waals surface area contributed by atoms with Gasteiger partial charge in [0, 0.05) is 18.8 Å². The summed E-state index contributed by atoms with van der Waals surface area (Å²) in [4.78, 5) is 2.66. The van der Waals surface area contributed by atoms with E-state index in [0.717, 1.165) is 0 Å². The molecule has 0 aliphatic rings. The zero-order valence-electron chi connectivity index (χ0n) is 22.3. The SMILES string of the molecule is CCCCCCCCCCCCN(CCCCCCCCCCCC)c1ccc(C)cc1. The highest BCUT2D eigenvalue weighted by Crippen LogP contribution is 2.19. The van der Waals surface area contributed by atoms with Gasteiger partial charge in [0.2, 0.25) is 0 Å². The van der Waals surface area contributed by atoms with E-state index < -0.39 is 0 Å². The number of hydrogen-bond donors (Lipinski definition) is 0. The van der Waals surface area contributed by atoms with Crippen molar-refractivity contribution in [2.75, 3.05) is 18.0 Å². The maximum atomic E-state index is 2.66. The van der Waals surface area contributed by atoms with Gasteiger partial charge in [-0.15, -0.1) is 0 Å². The van der Waals surface area contributed by atoms with Crippen molar-refractivity contribution in [2.24, 2.45) is 0 Å². The molecule has 0 unspecified atom stereocenters. The van der Waals surface area contributed by atoms with Crippen molar-refractivity contribution in [3.63, 3.8) is 0 Å². The summed E-state index contributed by atoms with van der Waals surface area (Å²) in [6, 6.07) is 9.22. The third kappa shape index (κ3) is 16.6. The minimum atomic E-state index is 1.23. The molecule has 0 aliphatic carbocycles. The van der Waals surface area contributed by atoms with Crippen molar-refractivity contribution in [3.05, 3.63) is 29.8 Å². The van der Waals surface area contributed by atoms with Gasteiger partial charge < -0.3 is 4.90 Å². The zero-order valence-corrected chi connectivity index (χ0v) is 22.3. The van der Waals surface area contributed by atoms with Crippen molar-refractivity contribution < 1.29 is 0 Å². The van der Waals surface area contributed by atoms with Crippen LogP contribution in [-0.2, 0) is 0 Å². The molecule has 0 aliphatic heterocycles. The molecule has 0 spiro atoms. The summed E-state index contributed by atoms with van der Waals surface area (Å²) in [5.74, 6) is 0. The number of hydrogen-bond acceptors (Lipinski definition) is 1. The Balaban J connectivity index is 2.16. The van der Waals surface area contributed by atoms with E-state index in [1.165, 1.54) is 153 Å². The quantitative estimate of drug-likeness (QED) is 0.152. The van der Waals surface area contributed by atoms with Gasteiger partial charge in [-0.1, -0.05) is 147 Å². The van der Waals surface area contributed by atoms with Crippen LogP contribution in [0.4, 0.5) is 5.69 Å². The minimum absolute atomic E-state index is 1.23. The summed E-state index contributed by atoms with van der Waals surface area (Å²) in [5, 5.41) is 0. The Morgan fingerprint density at radius 1 is 0.438 bits per heavy atom. The topological polar surface area (TPSA) is 3.24 Å². The van der Waals surface area contributed by atoms with Crippen LogP contribution in [0.5, 0.6) is 0 Å². The number of anilines is 1. The summed E-state index contributed by atoms with van der Waals surface area (Å²) < 4.78 is 0. The molecule has 0 heterocycles. The average Bonchev–Trinajstić information content (AvgIpc) is 2.80. The normalized spacial score (nSPS) is 11.2. The Kier molecular flexibility index (Phi) is 19.8. The highest BCUT2D eigenvalue weighted by atomic mass is 15.1. The third-order valence-corrected chi connectivity index (χ3v) is 6.96. The molecule has 1 rings (SSSR count). The van der Waals surface area contributed by atoms with Crippen molar-refractivity contribution in [3.8, 4) is 0 Å². The summed E-state index contributed by atoms with van der Waals surface area (Å²) in [6.45, 7) is 9.26. The molecule has 0 N–H and O–H groups in total. The Labute approximate surface area is 202 Å². The second-order valence-electron chi connectivity index (χ2n) is 10.2. The number of nitrogens with zero attached hydrogens (tertiary/aromatic N) is 1. The van der Waals surface area contributed by atoms with Gasteiger partial charge in [-0.25, -0.2) is 0 Å². The highest BCUT2D eigenvalue weighted by Gasteiger charge is 2.06. The van der Waals surface area contributed by atoms with Crippen LogP contribution < -0.4 is 4.90 Å². The molecule has 1 aromatic rings. The lowest BCUT2D eigenvalue weighted by atomic mass is 10.1. The van der Waals surface area contributed by atoms with E-state index >= 15 is 0 Å². The lowest BCUT2D eigenvalue weighted by Crippen LogP contribution is -2.25. The summed E-state index contributed by atoms with van der Waals surface area (Å²) in [7, 11) is 0. The molecular weight excluding hydrogens is 386 g/mol. The fourth-order valence-electron chi connectivity index (χ4n) is 4.71. The molecule has 0 radical (unpaired) electrons. The van der Waals surface area contributed by atoms with Crippen LogP contribution in [0.2, 0.25) is 0 Å². The molecule has 0 fully saturated rings. The van der Waals surface area contributed by atoms with Crippen LogP contribution in [0.25, 0.3) is 0 Å². The van der Waals surface area contributed by atoms with Gasteiger partial charge in [-0.2, -0.15) is 0 Å². The van der Waals surface area contributed by atoms with Crippen LogP contribution in [0, 0.1) is 6.92 Å². The molecule has 1 nitrogen and oxygen atoms in total. The Morgan fingerprint density at radius 3 is 1.09 bits per heavy atom. The molecule has 0 aromatic heterocycles. The number of rotatable bonds is 23. The van der Waals surface area contributed by atoms with Crippen molar-refractivity contribution >= 4 is 5.69 Å². The highest BCUT2D eigenvalue weighted by molar-refractivity contribution is 5.47. The molecule has 0 atom stereocenters. The van der Waals surface area contributed by atoms with Crippen LogP contribution in [-0.4, -0.2) is 13.1 Å². The lowest BCUT2D eigenvalue weighted by molar-refractivity contribution is 0.543. The smallest absolute Gasteiger partial charge is 0.0366 e. The van der Waals surface area contributed by atoms with E-state index in [1.54, 1.807) is 0 Å². The summed E-state index contributed by atoms with van der Waals surface area (Å²) in [5.41, 5.74) is 2.80. The lowest BCUT2D eigenvalue weighted by Gasteiger charge is -2.25. The van der Waals surface area contributed by atoms with Crippen LogP contribution in [0.15, 0.2) is 24.3 Å². The van der Waals surface area contributed by atoms with Crippen molar-refractivity contribution in [1.82, 2.24) is 0 Å². The number of benzene rings is 1. The van der Waals surface area contributed by atoms with Gasteiger partial charge in [0.05, 0.1) is 0 Å². The van der Waals surface area contributed by atoms with Gasteiger partial charge in [0.15, 0.2) is 0 Å². The zero-order chi connectivity index (χ0) is 23.1. The van der Waals surface area contributed by atoms with Crippen molar-refractivity contribution in [2.45, 2.75) is 149 Å². The second kappa shape index (κ2) is 21.8. The standard InChI is InChI=1S/C31H57N/c1-4-6-8-10-12-14-16-18-20-22-28-32(31-26-24-30(3)25-27-31)29-23-21-19-17-15-13-11-9-7-5-2/h24-27H,4-23,28-29H2,1-3H3. The predicted octanol–water partition coefficient (Wildman–Crippen LogP) is 10.6. The summed E-state index contributed by atoms with van der Waals surface area (Å²) >= 11 is 0. The Bertz CT molecular complexity index is 468. The third-order valence-electron chi connectivity index (χ3n) is 6.96. The van der Waals surface area contributed by atoms with Crippen LogP contribution in [0.1, 0.15) is 148 Å². The van der Waals surface area contributed by atoms with Gasteiger partial charge in [-0.3, -0.25) is 0 Å². The van der Waals surface area contributed by atoms with E-state index in [2.05, 4.69) is 49.9 Å². The van der Waals surface area contributed by atoms with E-state index in [9.17, 15) is 0 Å². The van der Waals surface area contributed by atoms with E-state index in [4.69, 9.17) is 0 Å². The summed E-state index contributed by atoms with van der Waals surface area (Å²) in [6.07, 6.45) is 28.4. The number of unbranched alkanes of at least 4 members (excludes halogenated alkanes) is 18. The molecule has 32 heavy (non-hydrogen) atoms. The molecular formula is C31H57N. The minimum Gasteiger partial charge on any atom is -0.372 e. The molecule has 0 bridgehead atoms. The van der Waals surface area contributed by atoms with Crippen LogP contribution in [0.3, 0.4) is 0 Å². The van der Waals surface area contributed by atoms with Crippen molar-refractivity contribution in [1.29, 1.82) is 0 Å². The first-order valence-electron chi connectivity index (χ1n) is 14.6. The average molecular weight is 444 g/mol. The first-order chi connectivity index (χ1) is 15.8. The first-order valence-corrected chi connectivity index (χ1v) is 14.6. The van der Waals surface area contributed by atoms with Gasteiger partial charge in [0.25, 0.3) is 0 Å². The molecule has 0 saturated heterocycles. The van der Waals surface area contributed by atoms with Gasteiger partial charge >= 0.3 is 0 Å². The largest absolute Gasteiger partial charge is 0.372 e. The Morgan fingerprint density at radius 2 is 0.750 bits per heavy atom. The van der Waals surface area contributed by atoms with E-state index in [1.807, 2.05) is 0 Å². The van der Waals surface area contributed by atoms with E-state index in [0.29, 0.717) is 0 Å². The van der Waals surface area contributed by atoms with Gasteiger partial charge in [-0.05, 0) is 31.9 Å². The fraction of sp³-hybridized carbons (Fsp3) is 0.806. The first kappa shape index (κ1) is 29.1. The Hall–Kier alpha value is -0.980. The fourth-order valence-corrected chi connectivity index (χ4v) is 4.71. The number of aryl methyl sites for hydroxylation is 1. The molecule has 0 saturated carbocycles.